The zero-order valence-electron chi connectivity index (χ0n) is 19.0. The van der Waals surface area contributed by atoms with Gasteiger partial charge in [-0.15, -0.1) is 11.3 Å². The van der Waals surface area contributed by atoms with Gasteiger partial charge < -0.3 is 15.4 Å². The molecule has 3 aromatic rings. The van der Waals surface area contributed by atoms with Crippen molar-refractivity contribution in [3.63, 3.8) is 0 Å². The molecule has 0 fully saturated rings. The summed E-state index contributed by atoms with van der Waals surface area (Å²) < 4.78 is 5.32. The van der Waals surface area contributed by atoms with E-state index in [1.165, 1.54) is 4.88 Å². The molecule has 0 spiro atoms. The van der Waals surface area contributed by atoms with Crippen molar-refractivity contribution in [3.8, 4) is 5.75 Å². The van der Waals surface area contributed by atoms with Crippen LogP contribution < -0.4 is 15.4 Å². The zero-order valence-corrected chi connectivity index (χ0v) is 19.8. The van der Waals surface area contributed by atoms with Crippen LogP contribution in [0.2, 0.25) is 0 Å². The fraction of sp³-hybridized carbons (Fsp3) is 0.222. The van der Waals surface area contributed by atoms with E-state index in [-0.39, 0.29) is 17.6 Å². The standard InChI is InChI=1S/C27H25N3O3S/c1-16-24(27(32)30-23-7-3-4-12-28-23)25(17-8-10-19(33-2)11-9-17)26-20(29-16)14-18(15-21(26)31)22-6-5-13-34-22/h3-13,18,25,29H,14-15H2,1-2H3,(H,28,30,32). The highest BCUT2D eigenvalue weighted by Gasteiger charge is 2.41. The molecule has 6 nitrogen and oxygen atoms in total. The molecule has 1 amide bonds. The maximum Gasteiger partial charge on any atom is 0.255 e. The molecule has 0 radical (unpaired) electrons. The molecule has 2 atom stereocenters. The van der Waals surface area contributed by atoms with E-state index in [4.69, 9.17) is 4.74 Å². The van der Waals surface area contributed by atoms with Crippen molar-refractivity contribution in [3.05, 3.63) is 99.2 Å². The minimum atomic E-state index is -0.470. The first-order valence-electron chi connectivity index (χ1n) is 11.2. The second-order valence-corrected chi connectivity index (χ2v) is 9.45. The van der Waals surface area contributed by atoms with Gasteiger partial charge in [0.25, 0.3) is 5.91 Å². The second-order valence-electron chi connectivity index (χ2n) is 8.47. The van der Waals surface area contributed by atoms with Gasteiger partial charge in [-0.2, -0.15) is 0 Å². The number of carbonyl (C=O) groups is 2. The van der Waals surface area contributed by atoms with Gasteiger partial charge in [0.1, 0.15) is 11.6 Å². The Kier molecular flexibility index (Phi) is 6.02. The van der Waals surface area contributed by atoms with Crippen LogP contribution in [0.1, 0.15) is 42.0 Å². The van der Waals surface area contributed by atoms with Gasteiger partial charge in [0, 0.05) is 51.9 Å². The number of dihydropyridines is 1. The molecule has 1 aliphatic heterocycles. The molecule has 34 heavy (non-hydrogen) atoms. The van der Waals surface area contributed by atoms with Crippen molar-refractivity contribution in [1.82, 2.24) is 10.3 Å². The van der Waals surface area contributed by atoms with Gasteiger partial charge in [-0.1, -0.05) is 24.3 Å². The van der Waals surface area contributed by atoms with Crippen molar-refractivity contribution in [2.24, 2.45) is 0 Å². The van der Waals surface area contributed by atoms with Crippen LogP contribution in [0.3, 0.4) is 0 Å². The molecule has 2 aliphatic rings. The van der Waals surface area contributed by atoms with Crippen molar-refractivity contribution < 1.29 is 14.3 Å². The highest BCUT2D eigenvalue weighted by Crippen LogP contribution is 2.46. The molecule has 3 heterocycles. The third kappa shape index (κ3) is 4.15. The lowest BCUT2D eigenvalue weighted by atomic mass is 9.72. The molecule has 1 aliphatic carbocycles. The number of thiophene rings is 1. The van der Waals surface area contributed by atoms with E-state index in [2.05, 4.69) is 21.7 Å². The van der Waals surface area contributed by atoms with Crippen LogP contribution in [0.5, 0.6) is 5.75 Å². The van der Waals surface area contributed by atoms with Gasteiger partial charge in [-0.25, -0.2) is 4.98 Å². The van der Waals surface area contributed by atoms with Gasteiger partial charge in [0.05, 0.1) is 7.11 Å². The van der Waals surface area contributed by atoms with Gasteiger partial charge in [0.15, 0.2) is 5.78 Å². The average Bonchev–Trinajstić information content (AvgIpc) is 3.39. The van der Waals surface area contributed by atoms with Crippen LogP contribution in [-0.2, 0) is 9.59 Å². The summed E-state index contributed by atoms with van der Waals surface area (Å²) >= 11 is 1.68. The topological polar surface area (TPSA) is 80.3 Å². The number of allylic oxidation sites excluding steroid dienone is 3. The lowest BCUT2D eigenvalue weighted by molar-refractivity contribution is -0.116. The lowest BCUT2D eigenvalue weighted by Crippen LogP contribution is -2.37. The molecule has 2 aromatic heterocycles. The smallest absolute Gasteiger partial charge is 0.255 e. The Morgan fingerprint density at radius 2 is 1.94 bits per heavy atom. The number of ether oxygens (including phenoxy) is 1. The summed E-state index contributed by atoms with van der Waals surface area (Å²) in [6, 6.07) is 17.1. The first kappa shape index (κ1) is 22.1. The van der Waals surface area contributed by atoms with Crippen LogP contribution in [0.4, 0.5) is 5.82 Å². The largest absolute Gasteiger partial charge is 0.497 e. The van der Waals surface area contributed by atoms with Gasteiger partial charge >= 0.3 is 0 Å². The molecule has 0 bridgehead atoms. The highest BCUT2D eigenvalue weighted by molar-refractivity contribution is 7.10. The summed E-state index contributed by atoms with van der Waals surface area (Å²) in [5, 5.41) is 8.36. The molecular formula is C27H25N3O3S. The highest BCUT2D eigenvalue weighted by atomic mass is 32.1. The van der Waals surface area contributed by atoms with E-state index in [1.807, 2.05) is 48.7 Å². The summed E-state index contributed by atoms with van der Waals surface area (Å²) in [5.74, 6) is 0.663. The fourth-order valence-electron chi connectivity index (χ4n) is 4.81. The Balaban J connectivity index is 1.57. The van der Waals surface area contributed by atoms with E-state index in [0.29, 0.717) is 23.4 Å². The van der Waals surface area contributed by atoms with Crippen LogP contribution >= 0.6 is 11.3 Å². The SMILES string of the molecule is COc1ccc(C2C(C(=O)Nc3ccccn3)=C(C)NC3=C2C(=O)CC(c2cccs2)C3)cc1. The first-order valence-corrected chi connectivity index (χ1v) is 12.1. The number of ketones is 1. The number of amides is 1. The molecule has 172 valence electrons. The number of methoxy groups -OCH3 is 1. The summed E-state index contributed by atoms with van der Waals surface area (Å²) in [4.78, 5) is 32.5. The third-order valence-electron chi connectivity index (χ3n) is 6.37. The number of rotatable bonds is 5. The van der Waals surface area contributed by atoms with Crippen molar-refractivity contribution in [2.75, 3.05) is 12.4 Å². The Labute approximate surface area is 202 Å². The molecule has 0 saturated carbocycles. The van der Waals surface area contributed by atoms with E-state index < -0.39 is 5.92 Å². The summed E-state index contributed by atoms with van der Waals surface area (Å²) in [5.41, 5.74) is 3.73. The monoisotopic (exact) mass is 471 g/mol. The molecule has 0 saturated heterocycles. The minimum absolute atomic E-state index is 0.0728. The maximum atomic E-state index is 13.6. The number of nitrogens with zero attached hydrogens (tertiary/aromatic N) is 1. The molecule has 1 aromatic carbocycles. The summed E-state index contributed by atoms with van der Waals surface area (Å²) in [7, 11) is 1.62. The quantitative estimate of drug-likeness (QED) is 0.538. The molecule has 5 rings (SSSR count). The van der Waals surface area contributed by atoms with E-state index in [9.17, 15) is 9.59 Å². The molecule has 2 N–H and O–H groups in total. The number of hydrogen-bond acceptors (Lipinski definition) is 6. The molecule has 2 unspecified atom stereocenters. The molecule has 7 heteroatoms. The number of nitrogens with one attached hydrogen (secondary N) is 2. The first-order chi connectivity index (χ1) is 16.5. The summed E-state index contributed by atoms with van der Waals surface area (Å²) in [6.45, 7) is 1.90. The predicted molar refractivity (Wildman–Crippen MR) is 133 cm³/mol. The van der Waals surface area contributed by atoms with Crippen molar-refractivity contribution in [2.45, 2.75) is 31.6 Å². The van der Waals surface area contributed by atoms with E-state index in [1.54, 1.807) is 36.8 Å². The second kappa shape index (κ2) is 9.27. The van der Waals surface area contributed by atoms with E-state index in [0.717, 1.165) is 29.1 Å². The number of Topliss-reactive ketones (excluding diaryl/α,β-unsaturated/α-hetero) is 1. The lowest BCUT2D eigenvalue weighted by Gasteiger charge is -2.36. The van der Waals surface area contributed by atoms with Crippen LogP contribution in [0.15, 0.2) is 88.7 Å². The van der Waals surface area contributed by atoms with Crippen LogP contribution in [-0.4, -0.2) is 23.8 Å². The predicted octanol–water partition coefficient (Wildman–Crippen LogP) is 5.15. The number of hydrogen-bond donors (Lipinski definition) is 2. The maximum absolute atomic E-state index is 13.6. The van der Waals surface area contributed by atoms with Crippen molar-refractivity contribution >= 4 is 28.8 Å². The zero-order chi connectivity index (χ0) is 23.7. The molecular weight excluding hydrogens is 446 g/mol. The Morgan fingerprint density at radius 3 is 2.62 bits per heavy atom. The average molecular weight is 472 g/mol. The number of anilines is 1. The van der Waals surface area contributed by atoms with Gasteiger partial charge in [-0.3, -0.25) is 9.59 Å². The summed E-state index contributed by atoms with van der Waals surface area (Å²) in [6.07, 6.45) is 2.80. The van der Waals surface area contributed by atoms with Crippen molar-refractivity contribution in [1.29, 1.82) is 0 Å². The number of pyridine rings is 1. The Hall–Kier alpha value is -3.71. The van der Waals surface area contributed by atoms with Crippen LogP contribution in [0.25, 0.3) is 0 Å². The minimum Gasteiger partial charge on any atom is -0.497 e. The Bertz CT molecular complexity index is 1280. The number of benzene rings is 1. The van der Waals surface area contributed by atoms with Gasteiger partial charge in [0.2, 0.25) is 0 Å². The van der Waals surface area contributed by atoms with E-state index >= 15 is 0 Å². The fourth-order valence-corrected chi connectivity index (χ4v) is 5.65. The van der Waals surface area contributed by atoms with Gasteiger partial charge in [-0.05, 0) is 54.6 Å². The number of carbonyl (C=O) groups excluding carboxylic acids is 2. The number of aromatic nitrogens is 1. The normalized spacial score (nSPS) is 20.0. The van der Waals surface area contributed by atoms with Crippen LogP contribution in [0, 0.1) is 0 Å². The Morgan fingerprint density at radius 1 is 1.12 bits per heavy atom. The third-order valence-corrected chi connectivity index (χ3v) is 7.41.